The van der Waals surface area contributed by atoms with Gasteiger partial charge in [0.25, 0.3) is 6.43 Å². The van der Waals surface area contributed by atoms with Crippen molar-refractivity contribution in [2.45, 2.75) is 33.2 Å². The van der Waals surface area contributed by atoms with Gasteiger partial charge in [0, 0.05) is 29.5 Å². The van der Waals surface area contributed by atoms with Gasteiger partial charge in [-0.1, -0.05) is 18.2 Å². The summed E-state index contributed by atoms with van der Waals surface area (Å²) < 4.78 is 45.6. The van der Waals surface area contributed by atoms with E-state index in [-0.39, 0.29) is 12.2 Å². The summed E-state index contributed by atoms with van der Waals surface area (Å²) in [6.07, 6.45) is 0.872. The number of hydrogen-bond acceptors (Lipinski definition) is 5. The van der Waals surface area contributed by atoms with Crippen LogP contribution in [0, 0.1) is 12.7 Å². The van der Waals surface area contributed by atoms with E-state index in [2.05, 4.69) is 15.3 Å². The number of hydrogen-bond donors (Lipinski definition) is 1. The molecule has 0 radical (unpaired) electrons. The molecule has 28 heavy (non-hydrogen) atoms. The normalized spacial score (nSPS) is 12.9. The van der Waals surface area contributed by atoms with E-state index in [0.717, 1.165) is 6.07 Å². The molecule has 0 aliphatic carbocycles. The van der Waals surface area contributed by atoms with Gasteiger partial charge < -0.3 is 10.1 Å². The Bertz CT molecular complexity index is 857. The number of alkyl halides is 2. The molecule has 8 heteroatoms. The Balaban J connectivity index is 2.36. The van der Waals surface area contributed by atoms with Crippen molar-refractivity contribution in [1.29, 1.82) is 0 Å². The van der Waals surface area contributed by atoms with E-state index >= 15 is 0 Å². The van der Waals surface area contributed by atoms with Crippen LogP contribution in [-0.4, -0.2) is 29.5 Å². The van der Waals surface area contributed by atoms with E-state index in [1.54, 1.807) is 19.9 Å². The second-order valence-corrected chi connectivity index (χ2v) is 6.11. The van der Waals surface area contributed by atoms with Gasteiger partial charge in [-0.15, -0.1) is 0 Å². The minimum atomic E-state index is -2.90. The number of aryl methyl sites for hydroxylation is 1. The van der Waals surface area contributed by atoms with Crippen LogP contribution in [0.5, 0.6) is 0 Å². The molecule has 1 aromatic heterocycles. The van der Waals surface area contributed by atoms with Crippen LogP contribution in [0.1, 0.15) is 48.8 Å². The number of benzene rings is 1. The summed E-state index contributed by atoms with van der Waals surface area (Å²) in [5.41, 5.74) is 0.333. The summed E-state index contributed by atoms with van der Waals surface area (Å²) in [6, 6.07) is 3.24. The molecule has 0 aliphatic rings. The minimum Gasteiger partial charge on any atom is -0.377 e. The molecule has 1 heterocycles. The van der Waals surface area contributed by atoms with Gasteiger partial charge in [0.2, 0.25) is 0 Å². The molecule has 0 aliphatic heterocycles. The highest BCUT2D eigenvalue weighted by molar-refractivity contribution is 5.83. The number of carbonyl (C=O) groups excluding carboxylic acids is 1. The standard InChI is InChI=1S/C20H22F3N3O2/c1-4-28-11-14(10-27)8-15-9-24-13(3)26-20(15)25-12(2)16-6-5-7-17(18(16)21)19(22)23/h5-10,12,19H,4,11H2,1-3H3,(H,24,25,26)/b14-8+/t12-/m1/s1. The Labute approximate surface area is 161 Å². The van der Waals surface area contributed by atoms with Gasteiger partial charge in [0.1, 0.15) is 23.7 Å². The monoisotopic (exact) mass is 393 g/mol. The molecule has 0 spiro atoms. The average Bonchev–Trinajstić information content (AvgIpc) is 2.66. The van der Waals surface area contributed by atoms with E-state index < -0.39 is 23.8 Å². The predicted molar refractivity (Wildman–Crippen MR) is 101 cm³/mol. The molecule has 1 aromatic carbocycles. The third kappa shape index (κ3) is 5.39. The number of nitrogens with one attached hydrogen (secondary N) is 1. The number of rotatable bonds is 9. The Hall–Kier alpha value is -2.74. The zero-order chi connectivity index (χ0) is 20.7. The van der Waals surface area contributed by atoms with Crippen LogP contribution in [-0.2, 0) is 9.53 Å². The molecular formula is C20H22F3N3O2. The number of carbonyl (C=O) groups is 1. The number of aromatic nitrogens is 2. The fourth-order valence-electron chi connectivity index (χ4n) is 2.58. The lowest BCUT2D eigenvalue weighted by molar-refractivity contribution is -0.105. The first-order chi connectivity index (χ1) is 13.4. The molecule has 0 amide bonds. The van der Waals surface area contributed by atoms with E-state index in [4.69, 9.17) is 4.74 Å². The van der Waals surface area contributed by atoms with Gasteiger partial charge in [-0.3, -0.25) is 4.79 Å². The summed E-state index contributed by atoms with van der Waals surface area (Å²) in [6.45, 7) is 5.72. The van der Waals surface area contributed by atoms with Crippen molar-refractivity contribution in [1.82, 2.24) is 9.97 Å². The smallest absolute Gasteiger partial charge is 0.266 e. The quantitative estimate of drug-likeness (QED) is 0.496. The first-order valence-corrected chi connectivity index (χ1v) is 8.77. The van der Waals surface area contributed by atoms with Crippen LogP contribution in [0.25, 0.3) is 6.08 Å². The zero-order valence-electron chi connectivity index (χ0n) is 15.9. The fourth-order valence-corrected chi connectivity index (χ4v) is 2.58. The number of anilines is 1. The number of halogens is 3. The molecule has 0 bridgehead atoms. The van der Waals surface area contributed by atoms with Gasteiger partial charge >= 0.3 is 0 Å². The highest BCUT2D eigenvalue weighted by Crippen LogP contribution is 2.29. The SMILES string of the molecule is CCOC/C(C=O)=C/c1cnc(C)nc1N[C@H](C)c1cccc(C(F)F)c1F. The first-order valence-electron chi connectivity index (χ1n) is 8.77. The lowest BCUT2D eigenvalue weighted by Crippen LogP contribution is -2.13. The maximum Gasteiger partial charge on any atom is 0.266 e. The number of aldehydes is 1. The van der Waals surface area contributed by atoms with Crippen molar-refractivity contribution < 1.29 is 22.7 Å². The number of ether oxygens (including phenoxy) is 1. The Kier molecular flexibility index (Phi) is 7.69. The van der Waals surface area contributed by atoms with Gasteiger partial charge in [0.05, 0.1) is 18.2 Å². The van der Waals surface area contributed by atoms with E-state index in [9.17, 15) is 18.0 Å². The maximum atomic E-state index is 14.4. The van der Waals surface area contributed by atoms with Crippen LogP contribution in [0.3, 0.4) is 0 Å². The largest absolute Gasteiger partial charge is 0.377 e. The third-order valence-corrected chi connectivity index (χ3v) is 4.02. The minimum absolute atomic E-state index is 0.0916. The second kappa shape index (κ2) is 9.98. The molecule has 1 N–H and O–H groups in total. The molecule has 1 atom stereocenters. The lowest BCUT2D eigenvalue weighted by atomic mass is 10.0. The summed E-state index contributed by atoms with van der Waals surface area (Å²) in [5, 5.41) is 3.02. The fraction of sp³-hybridized carbons (Fsp3) is 0.350. The van der Waals surface area contributed by atoms with Crippen LogP contribution >= 0.6 is 0 Å². The van der Waals surface area contributed by atoms with Crippen molar-refractivity contribution in [3.63, 3.8) is 0 Å². The van der Waals surface area contributed by atoms with Gasteiger partial charge in [0.15, 0.2) is 0 Å². The molecule has 2 rings (SSSR count). The summed E-state index contributed by atoms with van der Waals surface area (Å²) in [4.78, 5) is 19.7. The summed E-state index contributed by atoms with van der Waals surface area (Å²) in [5.74, 6) is -0.130. The Morgan fingerprint density at radius 1 is 1.32 bits per heavy atom. The molecular weight excluding hydrogens is 371 g/mol. The van der Waals surface area contributed by atoms with Gasteiger partial charge in [-0.25, -0.2) is 23.1 Å². The highest BCUT2D eigenvalue weighted by atomic mass is 19.3. The molecule has 0 saturated heterocycles. The molecule has 0 fully saturated rings. The third-order valence-electron chi connectivity index (χ3n) is 4.02. The molecule has 0 saturated carbocycles. The van der Waals surface area contributed by atoms with Crippen LogP contribution in [0.2, 0.25) is 0 Å². The summed E-state index contributed by atoms with van der Waals surface area (Å²) in [7, 11) is 0. The lowest BCUT2D eigenvalue weighted by Gasteiger charge is -2.19. The highest BCUT2D eigenvalue weighted by Gasteiger charge is 2.20. The second-order valence-electron chi connectivity index (χ2n) is 6.11. The van der Waals surface area contributed by atoms with Crippen molar-refractivity contribution in [3.8, 4) is 0 Å². The zero-order valence-corrected chi connectivity index (χ0v) is 15.9. The van der Waals surface area contributed by atoms with Crippen LogP contribution in [0.4, 0.5) is 19.0 Å². The average molecular weight is 393 g/mol. The predicted octanol–water partition coefficient (Wildman–Crippen LogP) is 4.65. The van der Waals surface area contributed by atoms with Crippen molar-refractivity contribution in [2.75, 3.05) is 18.5 Å². The van der Waals surface area contributed by atoms with Crippen molar-refractivity contribution in [3.05, 3.63) is 58.3 Å². The number of nitrogens with zero attached hydrogens (tertiary/aromatic N) is 2. The van der Waals surface area contributed by atoms with E-state index in [1.807, 2.05) is 6.92 Å². The molecule has 0 unspecified atom stereocenters. The van der Waals surface area contributed by atoms with Gasteiger partial charge in [-0.2, -0.15) is 0 Å². The van der Waals surface area contributed by atoms with Crippen LogP contribution in [0.15, 0.2) is 30.0 Å². The van der Waals surface area contributed by atoms with E-state index in [1.165, 1.54) is 18.3 Å². The van der Waals surface area contributed by atoms with E-state index in [0.29, 0.717) is 35.7 Å². The molecule has 150 valence electrons. The summed E-state index contributed by atoms with van der Waals surface area (Å²) >= 11 is 0. The topological polar surface area (TPSA) is 64.1 Å². The van der Waals surface area contributed by atoms with Crippen LogP contribution < -0.4 is 5.32 Å². The maximum absolute atomic E-state index is 14.4. The Morgan fingerprint density at radius 2 is 2.04 bits per heavy atom. The Morgan fingerprint density at radius 3 is 2.68 bits per heavy atom. The van der Waals surface area contributed by atoms with Crippen molar-refractivity contribution >= 4 is 18.2 Å². The van der Waals surface area contributed by atoms with Crippen molar-refractivity contribution in [2.24, 2.45) is 0 Å². The first kappa shape index (κ1) is 21.6. The molecule has 5 nitrogen and oxygen atoms in total. The van der Waals surface area contributed by atoms with Gasteiger partial charge in [-0.05, 0) is 26.8 Å². The molecule has 2 aromatic rings.